The van der Waals surface area contributed by atoms with Crippen LogP contribution in [0.25, 0.3) is 0 Å². The number of hydrogen-bond acceptors (Lipinski definition) is 3. The minimum atomic E-state index is 0.679. The van der Waals surface area contributed by atoms with Crippen LogP contribution in [0.5, 0.6) is 0 Å². The van der Waals surface area contributed by atoms with Gasteiger partial charge in [0.25, 0.3) is 0 Å². The Morgan fingerprint density at radius 3 is 1.34 bits per heavy atom. The van der Waals surface area contributed by atoms with Gasteiger partial charge >= 0.3 is 0 Å². The molecule has 0 N–H and O–H groups in total. The predicted octanol–water partition coefficient (Wildman–Crippen LogP) is 14.5. The largest absolute Gasteiger partial charge is 0.309 e. The first-order valence-corrected chi connectivity index (χ1v) is 21.3. The van der Waals surface area contributed by atoms with Crippen LogP contribution in [0, 0.1) is 0 Å². The Balaban J connectivity index is 3.92. The molecule has 0 radical (unpaired) electrons. The van der Waals surface area contributed by atoms with Crippen LogP contribution in [0.15, 0.2) is 60.8 Å². The minimum Gasteiger partial charge on any atom is -0.309 e. The molecular weight excluding hydrogens is 571 g/mol. The third-order valence-electron chi connectivity index (χ3n) is 7.92. The van der Waals surface area contributed by atoms with Gasteiger partial charge in [0.2, 0.25) is 0 Å². The van der Waals surface area contributed by atoms with Gasteiger partial charge in [0.1, 0.15) is 0 Å². The quantitative estimate of drug-likeness (QED) is 0.0389. The van der Waals surface area contributed by atoms with E-state index in [1.165, 1.54) is 154 Å². The van der Waals surface area contributed by atoms with E-state index in [0.29, 0.717) is 5.25 Å². The molecule has 256 valence electrons. The molecule has 0 amide bonds. The van der Waals surface area contributed by atoms with Crippen LogP contribution in [0.4, 0.5) is 0 Å². The number of unbranched alkanes of at least 4 members (excludes halogenated alkanes) is 17. The molecular formula is C41H75NS2. The van der Waals surface area contributed by atoms with Crippen molar-refractivity contribution in [3.05, 3.63) is 60.8 Å². The highest BCUT2D eigenvalue weighted by Crippen LogP contribution is 2.31. The Morgan fingerprint density at radius 1 is 0.477 bits per heavy atom. The van der Waals surface area contributed by atoms with Crippen LogP contribution in [0.3, 0.4) is 0 Å². The van der Waals surface area contributed by atoms with E-state index in [0.717, 1.165) is 12.8 Å². The van der Waals surface area contributed by atoms with Crippen molar-refractivity contribution < 1.29 is 0 Å². The fourth-order valence-corrected chi connectivity index (χ4v) is 7.68. The van der Waals surface area contributed by atoms with Crippen molar-refractivity contribution in [2.75, 3.05) is 26.4 Å². The summed E-state index contributed by atoms with van der Waals surface area (Å²) in [6, 6.07) is 0. The van der Waals surface area contributed by atoms with Crippen LogP contribution >= 0.6 is 21.6 Å². The Hall–Kier alpha value is -0.640. The van der Waals surface area contributed by atoms with E-state index in [1.54, 1.807) is 0 Å². The molecule has 1 unspecified atom stereocenters. The molecule has 0 aromatic carbocycles. The summed E-state index contributed by atoms with van der Waals surface area (Å²) in [5, 5.41) is 0.679. The average Bonchev–Trinajstić information content (AvgIpc) is 3.02. The molecule has 3 heteroatoms. The Morgan fingerprint density at radius 2 is 0.886 bits per heavy atom. The summed E-state index contributed by atoms with van der Waals surface area (Å²) in [5.74, 6) is 1.22. The molecule has 0 heterocycles. The third-order valence-corrected chi connectivity index (χ3v) is 10.7. The molecule has 0 bridgehead atoms. The molecule has 0 aromatic heterocycles. The van der Waals surface area contributed by atoms with Gasteiger partial charge in [-0.3, -0.25) is 0 Å². The van der Waals surface area contributed by atoms with Crippen LogP contribution < -0.4 is 0 Å². The molecule has 0 saturated carbocycles. The second kappa shape index (κ2) is 38.5. The van der Waals surface area contributed by atoms with Crippen molar-refractivity contribution >= 4 is 21.6 Å². The van der Waals surface area contributed by atoms with Gasteiger partial charge in [-0.1, -0.05) is 167 Å². The zero-order chi connectivity index (χ0) is 32.0. The summed E-state index contributed by atoms with van der Waals surface area (Å²) in [6.45, 7) is 5.71. The second-order valence-electron chi connectivity index (χ2n) is 12.7. The topological polar surface area (TPSA) is 3.24 Å². The Labute approximate surface area is 285 Å². The summed E-state index contributed by atoms with van der Waals surface area (Å²) in [6.07, 6.45) is 55.6. The standard InChI is InChI=1S/C41H75NS2/c1-5-7-9-11-13-15-17-19-21-23-25-27-29-31-33-35-37-41(44-43-40-39-42(3)4)38-36-34-32-30-28-26-24-22-20-18-16-14-12-10-8-6-2/h13-16,19-22,35,37,41H,5-12,17-18,23-34,36,38-40H2,1-4H3/b15-13-,16-14-,21-19-,22-20-,37-35+. The summed E-state index contributed by atoms with van der Waals surface area (Å²) < 4.78 is 0. The van der Waals surface area contributed by atoms with E-state index in [1.807, 2.05) is 0 Å². The van der Waals surface area contributed by atoms with Crippen LogP contribution in [0.1, 0.15) is 168 Å². The molecule has 0 aliphatic rings. The molecule has 0 aliphatic heterocycles. The number of nitrogens with zero attached hydrogens (tertiary/aromatic N) is 1. The molecule has 0 fully saturated rings. The maximum absolute atomic E-state index is 2.54. The summed E-state index contributed by atoms with van der Waals surface area (Å²) in [4.78, 5) is 2.29. The van der Waals surface area contributed by atoms with Crippen molar-refractivity contribution in [1.82, 2.24) is 4.90 Å². The normalized spacial score (nSPS) is 13.4. The fourth-order valence-electron chi connectivity index (χ4n) is 5.01. The number of hydrogen-bond donors (Lipinski definition) is 0. The van der Waals surface area contributed by atoms with Gasteiger partial charge in [-0.15, -0.1) is 0 Å². The first-order valence-electron chi connectivity index (χ1n) is 18.9. The summed E-state index contributed by atoms with van der Waals surface area (Å²) in [7, 11) is 8.54. The molecule has 0 aromatic rings. The van der Waals surface area contributed by atoms with Gasteiger partial charge in [0, 0.05) is 17.5 Å². The zero-order valence-corrected chi connectivity index (χ0v) is 31.6. The van der Waals surface area contributed by atoms with E-state index >= 15 is 0 Å². The van der Waals surface area contributed by atoms with E-state index in [-0.39, 0.29) is 0 Å². The van der Waals surface area contributed by atoms with Gasteiger partial charge in [-0.25, -0.2) is 0 Å². The van der Waals surface area contributed by atoms with E-state index in [9.17, 15) is 0 Å². The maximum Gasteiger partial charge on any atom is 0.0331 e. The van der Waals surface area contributed by atoms with Crippen molar-refractivity contribution in [3.63, 3.8) is 0 Å². The molecule has 1 nitrogen and oxygen atoms in total. The lowest BCUT2D eigenvalue weighted by Gasteiger charge is -2.13. The zero-order valence-electron chi connectivity index (χ0n) is 30.0. The van der Waals surface area contributed by atoms with Crippen molar-refractivity contribution in [2.24, 2.45) is 0 Å². The minimum absolute atomic E-state index is 0.679. The third kappa shape index (κ3) is 37.5. The van der Waals surface area contributed by atoms with Crippen LogP contribution in [-0.4, -0.2) is 36.5 Å². The molecule has 0 saturated heterocycles. The van der Waals surface area contributed by atoms with E-state index in [4.69, 9.17) is 0 Å². The monoisotopic (exact) mass is 646 g/mol. The van der Waals surface area contributed by atoms with E-state index in [2.05, 4.69) is 115 Å². The van der Waals surface area contributed by atoms with Crippen LogP contribution in [-0.2, 0) is 0 Å². The second-order valence-corrected chi connectivity index (χ2v) is 15.5. The first-order chi connectivity index (χ1) is 21.7. The van der Waals surface area contributed by atoms with Gasteiger partial charge in [0.15, 0.2) is 0 Å². The highest BCUT2D eigenvalue weighted by Gasteiger charge is 2.06. The van der Waals surface area contributed by atoms with Crippen molar-refractivity contribution in [1.29, 1.82) is 0 Å². The smallest absolute Gasteiger partial charge is 0.0331 e. The average molecular weight is 646 g/mol. The van der Waals surface area contributed by atoms with Gasteiger partial charge in [0.05, 0.1) is 0 Å². The molecule has 1 atom stereocenters. The van der Waals surface area contributed by atoms with Crippen LogP contribution in [0.2, 0.25) is 0 Å². The SMILES string of the molecule is CCCCC/C=C\C/C=C\CCCCCC/C=C/C(CCCCCCCC/C=C\C/C=C\CCCCC)SSCCN(C)C. The number of rotatable bonds is 34. The first kappa shape index (κ1) is 43.4. The number of allylic oxidation sites excluding steroid dienone is 9. The summed E-state index contributed by atoms with van der Waals surface area (Å²) >= 11 is 0. The molecule has 44 heavy (non-hydrogen) atoms. The predicted molar refractivity (Wildman–Crippen MR) is 210 cm³/mol. The highest BCUT2D eigenvalue weighted by molar-refractivity contribution is 8.77. The van der Waals surface area contributed by atoms with Gasteiger partial charge in [-0.05, 0) is 97.6 Å². The lowest BCUT2D eigenvalue weighted by molar-refractivity contribution is 0.438. The maximum atomic E-state index is 2.54. The van der Waals surface area contributed by atoms with Crippen molar-refractivity contribution in [2.45, 2.75) is 173 Å². The molecule has 0 spiro atoms. The lowest BCUT2D eigenvalue weighted by Crippen LogP contribution is -2.14. The van der Waals surface area contributed by atoms with Gasteiger partial charge in [-0.2, -0.15) is 0 Å². The fraction of sp³-hybridized carbons (Fsp3) is 0.756. The molecule has 0 aliphatic carbocycles. The summed E-state index contributed by atoms with van der Waals surface area (Å²) in [5.41, 5.74) is 0. The van der Waals surface area contributed by atoms with E-state index < -0.39 is 0 Å². The van der Waals surface area contributed by atoms with Crippen molar-refractivity contribution in [3.8, 4) is 0 Å². The Kier molecular flexibility index (Phi) is 38.0. The van der Waals surface area contributed by atoms with Gasteiger partial charge < -0.3 is 4.90 Å². The molecule has 0 rings (SSSR count). The highest BCUT2D eigenvalue weighted by atomic mass is 33.1. The lowest BCUT2D eigenvalue weighted by atomic mass is 10.1. The Bertz CT molecular complexity index is 691.